The number of aromatic nitrogens is 2. The highest BCUT2D eigenvalue weighted by Crippen LogP contribution is 2.10. The summed E-state index contributed by atoms with van der Waals surface area (Å²) < 4.78 is 6.91. The molecule has 0 unspecified atom stereocenters. The van der Waals surface area contributed by atoms with Gasteiger partial charge in [0.15, 0.2) is 0 Å². The molecule has 0 radical (unpaired) electrons. The number of nitrogens with zero attached hydrogens (tertiary/aromatic N) is 2. The van der Waals surface area contributed by atoms with Gasteiger partial charge in [-0.15, -0.1) is 0 Å². The summed E-state index contributed by atoms with van der Waals surface area (Å²) in [4.78, 5) is 0. The molecule has 62 valence electrons. The fourth-order valence-electron chi connectivity index (χ4n) is 1.29. The highest BCUT2D eigenvalue weighted by atomic mass is 16.5. The molecule has 0 amide bonds. The Morgan fingerprint density at radius 1 is 1.50 bits per heavy atom. The molecular weight excluding hydrogens is 152 g/mol. The molecule has 0 bridgehead atoms. The van der Waals surface area contributed by atoms with E-state index in [9.17, 15) is 0 Å². The molecular formula is C9H10N2O. The molecule has 2 aromatic heterocycles. The Hall–Kier alpha value is -1.35. The average molecular weight is 162 g/mol. The SMILES string of the molecule is COCc1ccnn2cccc12. The monoisotopic (exact) mass is 162 g/mol. The van der Waals surface area contributed by atoms with Gasteiger partial charge in [-0.2, -0.15) is 5.10 Å². The topological polar surface area (TPSA) is 26.5 Å². The van der Waals surface area contributed by atoms with Crippen molar-refractivity contribution in [2.75, 3.05) is 7.11 Å². The minimum absolute atomic E-state index is 0.635. The average Bonchev–Trinajstić information content (AvgIpc) is 2.53. The first-order valence-electron chi connectivity index (χ1n) is 3.82. The second-order valence-corrected chi connectivity index (χ2v) is 2.63. The van der Waals surface area contributed by atoms with E-state index in [2.05, 4.69) is 5.10 Å². The summed E-state index contributed by atoms with van der Waals surface area (Å²) in [5.74, 6) is 0. The van der Waals surface area contributed by atoms with Crippen molar-refractivity contribution in [3.63, 3.8) is 0 Å². The lowest BCUT2D eigenvalue weighted by molar-refractivity contribution is 0.185. The molecule has 0 fully saturated rings. The Labute approximate surface area is 70.6 Å². The van der Waals surface area contributed by atoms with E-state index in [1.54, 1.807) is 13.3 Å². The van der Waals surface area contributed by atoms with Gasteiger partial charge in [0, 0.05) is 25.1 Å². The molecule has 2 rings (SSSR count). The van der Waals surface area contributed by atoms with Crippen molar-refractivity contribution in [3.05, 3.63) is 36.2 Å². The van der Waals surface area contributed by atoms with E-state index in [-0.39, 0.29) is 0 Å². The number of hydrogen-bond donors (Lipinski definition) is 0. The molecule has 3 nitrogen and oxygen atoms in total. The number of methoxy groups -OCH3 is 1. The van der Waals surface area contributed by atoms with Crippen molar-refractivity contribution in [1.29, 1.82) is 0 Å². The zero-order valence-corrected chi connectivity index (χ0v) is 6.90. The van der Waals surface area contributed by atoms with Gasteiger partial charge in [0.25, 0.3) is 0 Å². The van der Waals surface area contributed by atoms with Gasteiger partial charge in [0.1, 0.15) is 0 Å². The molecule has 0 aliphatic carbocycles. The molecule has 0 saturated heterocycles. The minimum Gasteiger partial charge on any atom is -0.380 e. The van der Waals surface area contributed by atoms with Gasteiger partial charge in [-0.25, -0.2) is 4.52 Å². The Balaban J connectivity index is 2.57. The van der Waals surface area contributed by atoms with Crippen LogP contribution in [0.15, 0.2) is 30.6 Å². The molecule has 0 N–H and O–H groups in total. The van der Waals surface area contributed by atoms with Crippen LogP contribution in [0.1, 0.15) is 5.56 Å². The maximum atomic E-state index is 5.06. The summed E-state index contributed by atoms with van der Waals surface area (Å²) in [5, 5.41) is 4.15. The first-order valence-corrected chi connectivity index (χ1v) is 3.82. The molecule has 0 aliphatic rings. The lowest BCUT2D eigenvalue weighted by atomic mass is 10.2. The fraction of sp³-hybridized carbons (Fsp3) is 0.222. The predicted octanol–water partition coefficient (Wildman–Crippen LogP) is 1.48. The molecule has 0 atom stereocenters. The van der Waals surface area contributed by atoms with Crippen molar-refractivity contribution in [2.45, 2.75) is 6.61 Å². The summed E-state index contributed by atoms with van der Waals surface area (Å²) in [5.41, 5.74) is 2.27. The number of hydrogen-bond acceptors (Lipinski definition) is 2. The van der Waals surface area contributed by atoms with Gasteiger partial charge < -0.3 is 4.74 Å². The van der Waals surface area contributed by atoms with Gasteiger partial charge in [-0.1, -0.05) is 0 Å². The molecule has 0 saturated carbocycles. The van der Waals surface area contributed by atoms with E-state index >= 15 is 0 Å². The van der Waals surface area contributed by atoms with E-state index in [1.165, 1.54) is 0 Å². The third kappa shape index (κ3) is 1.08. The molecule has 12 heavy (non-hydrogen) atoms. The van der Waals surface area contributed by atoms with Crippen LogP contribution in [-0.2, 0) is 11.3 Å². The van der Waals surface area contributed by atoms with Crippen LogP contribution in [0, 0.1) is 0 Å². The Morgan fingerprint density at radius 2 is 2.42 bits per heavy atom. The second kappa shape index (κ2) is 2.95. The molecule has 2 aromatic rings. The maximum absolute atomic E-state index is 5.06. The third-order valence-corrected chi connectivity index (χ3v) is 1.82. The van der Waals surface area contributed by atoms with Crippen LogP contribution < -0.4 is 0 Å². The smallest absolute Gasteiger partial charge is 0.0734 e. The van der Waals surface area contributed by atoms with E-state index in [4.69, 9.17) is 4.74 Å². The summed E-state index contributed by atoms with van der Waals surface area (Å²) in [7, 11) is 1.69. The molecule has 3 heteroatoms. The normalized spacial score (nSPS) is 10.8. The van der Waals surface area contributed by atoms with Crippen LogP contribution in [0.2, 0.25) is 0 Å². The molecule has 0 aliphatic heterocycles. The highest BCUT2D eigenvalue weighted by molar-refractivity contribution is 5.53. The van der Waals surface area contributed by atoms with E-state index in [0.29, 0.717) is 6.61 Å². The van der Waals surface area contributed by atoms with Crippen molar-refractivity contribution in [1.82, 2.24) is 9.61 Å². The summed E-state index contributed by atoms with van der Waals surface area (Å²) in [6.45, 7) is 0.635. The lowest BCUT2D eigenvalue weighted by Crippen LogP contribution is -1.94. The van der Waals surface area contributed by atoms with Crippen molar-refractivity contribution in [2.24, 2.45) is 0 Å². The van der Waals surface area contributed by atoms with E-state index < -0.39 is 0 Å². The van der Waals surface area contributed by atoms with Crippen molar-refractivity contribution in [3.8, 4) is 0 Å². The van der Waals surface area contributed by atoms with Gasteiger partial charge >= 0.3 is 0 Å². The van der Waals surface area contributed by atoms with E-state index in [0.717, 1.165) is 11.1 Å². The third-order valence-electron chi connectivity index (χ3n) is 1.82. The van der Waals surface area contributed by atoms with E-state index in [1.807, 2.05) is 28.9 Å². The lowest BCUT2D eigenvalue weighted by Gasteiger charge is -2.01. The number of rotatable bonds is 2. The van der Waals surface area contributed by atoms with Gasteiger partial charge in [0.05, 0.1) is 12.1 Å². The Kier molecular flexibility index (Phi) is 1.80. The van der Waals surface area contributed by atoms with Crippen LogP contribution in [0.5, 0.6) is 0 Å². The molecule has 2 heterocycles. The van der Waals surface area contributed by atoms with Gasteiger partial charge in [-0.05, 0) is 18.2 Å². The zero-order valence-electron chi connectivity index (χ0n) is 6.90. The minimum atomic E-state index is 0.635. The van der Waals surface area contributed by atoms with Crippen LogP contribution in [0.25, 0.3) is 5.52 Å². The first kappa shape index (κ1) is 7.31. The Morgan fingerprint density at radius 3 is 3.25 bits per heavy atom. The first-order chi connectivity index (χ1) is 5.92. The highest BCUT2D eigenvalue weighted by Gasteiger charge is 1.99. The van der Waals surface area contributed by atoms with Crippen molar-refractivity contribution >= 4 is 5.52 Å². The fourth-order valence-corrected chi connectivity index (χ4v) is 1.29. The summed E-state index contributed by atoms with van der Waals surface area (Å²) >= 11 is 0. The quantitative estimate of drug-likeness (QED) is 0.668. The van der Waals surface area contributed by atoms with Crippen molar-refractivity contribution < 1.29 is 4.74 Å². The summed E-state index contributed by atoms with van der Waals surface area (Å²) in [6.07, 6.45) is 3.70. The maximum Gasteiger partial charge on any atom is 0.0734 e. The summed E-state index contributed by atoms with van der Waals surface area (Å²) in [6, 6.07) is 5.97. The zero-order chi connectivity index (χ0) is 8.39. The van der Waals surface area contributed by atoms with Gasteiger partial charge in [0.2, 0.25) is 0 Å². The molecule has 0 aromatic carbocycles. The van der Waals surface area contributed by atoms with Gasteiger partial charge in [-0.3, -0.25) is 0 Å². The van der Waals surface area contributed by atoms with Crippen LogP contribution in [0.4, 0.5) is 0 Å². The largest absolute Gasteiger partial charge is 0.380 e. The van der Waals surface area contributed by atoms with Crippen LogP contribution in [0.3, 0.4) is 0 Å². The van der Waals surface area contributed by atoms with Crippen LogP contribution >= 0.6 is 0 Å². The van der Waals surface area contributed by atoms with Crippen LogP contribution in [-0.4, -0.2) is 16.7 Å². The molecule has 0 spiro atoms. The second-order valence-electron chi connectivity index (χ2n) is 2.63. The number of fused-ring (bicyclic) bond motifs is 1. The standard InChI is InChI=1S/C9H10N2O/c1-12-7-8-4-5-10-11-6-2-3-9(8)11/h2-6H,7H2,1H3. The predicted molar refractivity (Wildman–Crippen MR) is 45.9 cm³/mol. The Bertz CT molecular complexity index is 381. The number of ether oxygens (including phenoxy) is 1.